The number of nitrogens with zero attached hydrogens (tertiary/aromatic N) is 2. The van der Waals surface area contributed by atoms with Gasteiger partial charge in [-0.3, -0.25) is 0 Å². The summed E-state index contributed by atoms with van der Waals surface area (Å²) in [6.45, 7) is -0.780. The zero-order valence-corrected chi connectivity index (χ0v) is 10.7. The summed E-state index contributed by atoms with van der Waals surface area (Å²) < 4.78 is 80.6. The Morgan fingerprint density at radius 2 is 2.05 bits per heavy atom. The number of aliphatic hydroxyl groups is 1. The van der Waals surface area contributed by atoms with Gasteiger partial charge >= 0.3 is 12.5 Å². The van der Waals surface area contributed by atoms with Gasteiger partial charge in [0.2, 0.25) is 0 Å². The topological polar surface area (TPSA) is 47.3 Å². The van der Waals surface area contributed by atoms with E-state index in [1.807, 2.05) is 0 Å². The number of benzene rings is 1. The van der Waals surface area contributed by atoms with E-state index in [4.69, 9.17) is 5.11 Å². The van der Waals surface area contributed by atoms with Crippen molar-refractivity contribution in [1.29, 1.82) is 0 Å². The van der Waals surface area contributed by atoms with E-state index in [0.29, 0.717) is 10.0 Å². The van der Waals surface area contributed by atoms with Crippen molar-refractivity contribution in [3.63, 3.8) is 0 Å². The van der Waals surface area contributed by atoms with Crippen LogP contribution < -0.4 is 4.74 Å². The van der Waals surface area contributed by atoms with Gasteiger partial charge < -0.3 is 9.84 Å². The highest BCUT2D eigenvalue weighted by Gasteiger charge is 2.44. The van der Waals surface area contributed by atoms with Gasteiger partial charge in [0.25, 0.3) is 0 Å². The van der Waals surface area contributed by atoms with E-state index in [-0.39, 0.29) is 11.3 Å². The zero-order valence-electron chi connectivity index (χ0n) is 9.87. The number of rotatable bonds is 5. The summed E-state index contributed by atoms with van der Waals surface area (Å²) in [5.41, 5.74) is -0.822. The smallest absolute Gasteiger partial charge is 0.426 e. The van der Waals surface area contributed by atoms with Crippen molar-refractivity contribution in [3.8, 4) is 5.75 Å². The Kier molecular flexibility index (Phi) is 4.23. The predicted octanol–water partition coefficient (Wildman–Crippen LogP) is 3.29. The molecule has 0 atom stereocenters. The molecular weight excluding hydrogens is 326 g/mol. The molecule has 0 spiro atoms. The normalized spacial score (nSPS) is 12.4. The van der Waals surface area contributed by atoms with Gasteiger partial charge in [-0.1, -0.05) is 0 Å². The van der Waals surface area contributed by atoms with E-state index in [1.54, 1.807) is 0 Å². The molecule has 2 rings (SSSR count). The predicted molar refractivity (Wildman–Crippen MR) is 61.3 cm³/mol. The van der Waals surface area contributed by atoms with Crippen molar-refractivity contribution >= 4 is 23.4 Å². The van der Waals surface area contributed by atoms with E-state index in [9.17, 15) is 25.8 Å². The van der Waals surface area contributed by atoms with Crippen LogP contribution in [-0.4, -0.2) is 26.6 Å². The van der Waals surface area contributed by atoms with Crippen LogP contribution in [0.15, 0.2) is 12.1 Å². The molecule has 0 radical (unpaired) electrons. The SMILES string of the molecule is OCc1nc2c(OC(F)(F)C(F)F)cc(F)cc2n1SF. The lowest BCUT2D eigenvalue weighted by atomic mass is 10.3. The first kappa shape index (κ1) is 15.8. The van der Waals surface area contributed by atoms with E-state index in [0.717, 1.165) is 6.07 Å². The van der Waals surface area contributed by atoms with E-state index in [1.165, 1.54) is 0 Å². The molecule has 2 aromatic rings. The molecule has 0 aliphatic carbocycles. The minimum absolute atomic E-state index is 0.326. The number of ether oxygens (including phenoxy) is 1. The fourth-order valence-electron chi connectivity index (χ4n) is 1.59. The molecule has 1 heterocycles. The van der Waals surface area contributed by atoms with Gasteiger partial charge in [0, 0.05) is 12.1 Å². The summed E-state index contributed by atoms with van der Waals surface area (Å²) in [7, 11) is 0. The second-order valence-corrected chi connectivity index (χ2v) is 4.29. The van der Waals surface area contributed by atoms with Crippen LogP contribution in [0.2, 0.25) is 0 Å². The average molecular weight is 332 g/mol. The van der Waals surface area contributed by atoms with Crippen LogP contribution in [0.5, 0.6) is 5.75 Å². The molecule has 0 fully saturated rings. The van der Waals surface area contributed by atoms with E-state index < -0.39 is 48.6 Å². The van der Waals surface area contributed by atoms with Crippen molar-refractivity contribution in [1.82, 2.24) is 8.96 Å². The van der Waals surface area contributed by atoms with Crippen molar-refractivity contribution in [2.45, 2.75) is 19.1 Å². The fraction of sp³-hybridized carbons (Fsp3) is 0.300. The van der Waals surface area contributed by atoms with Crippen LogP contribution >= 0.6 is 12.3 Å². The molecule has 0 saturated heterocycles. The molecule has 0 saturated carbocycles. The molecule has 1 aromatic carbocycles. The molecule has 0 bridgehead atoms. The zero-order chi connectivity index (χ0) is 15.8. The molecule has 0 aliphatic rings. The molecule has 0 amide bonds. The third-order valence-electron chi connectivity index (χ3n) is 2.42. The highest BCUT2D eigenvalue weighted by atomic mass is 32.2. The van der Waals surface area contributed by atoms with Crippen LogP contribution in [0.1, 0.15) is 5.82 Å². The Labute approximate surface area is 117 Å². The van der Waals surface area contributed by atoms with Crippen molar-refractivity contribution in [2.24, 2.45) is 0 Å². The molecule has 1 aromatic heterocycles. The highest BCUT2D eigenvalue weighted by molar-refractivity contribution is 7.92. The summed E-state index contributed by atoms with van der Waals surface area (Å²) >= 11 is -0.466. The van der Waals surface area contributed by atoms with Crippen LogP contribution in [-0.2, 0) is 6.61 Å². The van der Waals surface area contributed by atoms with Crippen molar-refractivity contribution in [2.75, 3.05) is 0 Å². The van der Waals surface area contributed by atoms with Gasteiger partial charge in [0.15, 0.2) is 18.1 Å². The maximum absolute atomic E-state index is 13.4. The molecule has 0 unspecified atom stereocenters. The van der Waals surface area contributed by atoms with Gasteiger partial charge in [-0.2, -0.15) is 17.6 Å². The number of imidazole rings is 1. The lowest BCUT2D eigenvalue weighted by Gasteiger charge is -2.17. The molecule has 4 nitrogen and oxygen atoms in total. The Morgan fingerprint density at radius 1 is 1.38 bits per heavy atom. The van der Waals surface area contributed by atoms with Gasteiger partial charge in [-0.05, 0) is 0 Å². The minimum Gasteiger partial charge on any atom is -0.426 e. The highest BCUT2D eigenvalue weighted by Crippen LogP contribution is 2.35. The number of hydrogen-bond donors (Lipinski definition) is 1. The van der Waals surface area contributed by atoms with Gasteiger partial charge in [0.05, 0.1) is 5.52 Å². The first-order valence-corrected chi connectivity index (χ1v) is 5.93. The average Bonchev–Trinajstić information content (AvgIpc) is 2.75. The maximum atomic E-state index is 13.4. The number of aromatic nitrogens is 2. The molecule has 1 N–H and O–H groups in total. The summed E-state index contributed by atoms with van der Waals surface area (Å²) in [6, 6.07) is 1.15. The van der Waals surface area contributed by atoms with E-state index in [2.05, 4.69) is 9.72 Å². The largest absolute Gasteiger partial charge is 0.461 e. The second-order valence-electron chi connectivity index (χ2n) is 3.79. The number of hydrogen-bond acceptors (Lipinski definition) is 4. The van der Waals surface area contributed by atoms with E-state index >= 15 is 0 Å². The van der Waals surface area contributed by atoms with Crippen LogP contribution in [0, 0.1) is 5.82 Å². The standard InChI is InChI=1S/C10H6F6N2O2S/c11-4-1-5-8(17-7(3-19)18(5)21-16)6(2-4)20-10(14,15)9(12)13/h1-2,9,19H,3H2. The van der Waals surface area contributed by atoms with Gasteiger partial charge in [0.1, 0.15) is 23.8 Å². The summed E-state index contributed by atoms with van der Waals surface area (Å²) in [6.07, 6.45) is -9.02. The monoisotopic (exact) mass is 332 g/mol. The summed E-state index contributed by atoms with van der Waals surface area (Å²) in [4.78, 5) is 3.57. The lowest BCUT2D eigenvalue weighted by molar-refractivity contribution is -0.252. The Balaban J connectivity index is 2.61. The third kappa shape index (κ3) is 2.88. The van der Waals surface area contributed by atoms with Crippen molar-refractivity contribution < 1.29 is 35.7 Å². The Bertz CT molecular complexity index is 663. The molecule has 21 heavy (non-hydrogen) atoms. The van der Waals surface area contributed by atoms with Crippen molar-refractivity contribution in [3.05, 3.63) is 23.8 Å². The summed E-state index contributed by atoms with van der Waals surface area (Å²) in [5.74, 6) is -2.44. The maximum Gasteiger partial charge on any atom is 0.461 e. The van der Waals surface area contributed by atoms with Crippen LogP contribution in [0.4, 0.5) is 25.8 Å². The fourth-order valence-corrected chi connectivity index (χ4v) is 1.98. The number of fused-ring (bicyclic) bond motifs is 1. The first-order chi connectivity index (χ1) is 9.80. The number of halogens is 6. The van der Waals surface area contributed by atoms with Crippen LogP contribution in [0.25, 0.3) is 11.0 Å². The van der Waals surface area contributed by atoms with Gasteiger partial charge in [-0.25, -0.2) is 13.3 Å². The quantitative estimate of drug-likeness (QED) is 0.854. The Hall–Kier alpha value is -1.62. The third-order valence-corrected chi connectivity index (χ3v) is 2.97. The number of aliphatic hydroxyl groups excluding tert-OH is 1. The molecule has 0 aliphatic heterocycles. The lowest BCUT2D eigenvalue weighted by Crippen LogP contribution is -2.33. The second kappa shape index (κ2) is 5.64. The number of alkyl halides is 4. The van der Waals surface area contributed by atoms with Crippen LogP contribution in [0.3, 0.4) is 0 Å². The summed E-state index contributed by atoms with van der Waals surface area (Å²) in [5, 5.41) is 8.97. The molecular formula is C10H6F6N2O2S. The first-order valence-electron chi connectivity index (χ1n) is 5.26. The minimum atomic E-state index is -4.87. The Morgan fingerprint density at radius 3 is 2.57 bits per heavy atom. The van der Waals surface area contributed by atoms with Gasteiger partial charge in [-0.15, -0.1) is 3.89 Å². The molecule has 116 valence electrons. The molecule has 11 heteroatoms.